The summed E-state index contributed by atoms with van der Waals surface area (Å²) in [5.41, 5.74) is 2.36. The zero-order chi connectivity index (χ0) is 21.8. The first-order chi connectivity index (χ1) is 15.0. The van der Waals surface area contributed by atoms with Gasteiger partial charge in [-0.2, -0.15) is 0 Å². The molecule has 156 valence electrons. The molecular weight excluding hydrogens is 416 g/mol. The molecule has 0 unspecified atom stereocenters. The van der Waals surface area contributed by atoms with Gasteiger partial charge in [0, 0.05) is 5.02 Å². The van der Waals surface area contributed by atoms with Crippen LogP contribution < -0.4 is 19.7 Å². The van der Waals surface area contributed by atoms with Gasteiger partial charge in [-0.1, -0.05) is 48.0 Å². The molecular formula is C24H19ClN2O4. The maximum atomic E-state index is 12.7. The SMILES string of the molecule is COc1cc(/C=C2/NC(=O)N(c3ccccc3)C2=O)ccc1OCc1ccc(Cl)cc1. The van der Waals surface area contributed by atoms with Gasteiger partial charge in [0.25, 0.3) is 5.91 Å². The van der Waals surface area contributed by atoms with Crippen LogP contribution in [0.15, 0.2) is 78.5 Å². The highest BCUT2D eigenvalue weighted by atomic mass is 35.5. The second kappa shape index (κ2) is 8.93. The van der Waals surface area contributed by atoms with Crippen LogP contribution in [0.4, 0.5) is 10.5 Å². The predicted molar refractivity (Wildman–Crippen MR) is 119 cm³/mol. The molecule has 3 amide bonds. The van der Waals surface area contributed by atoms with Crippen molar-refractivity contribution < 1.29 is 19.1 Å². The highest BCUT2D eigenvalue weighted by Gasteiger charge is 2.34. The normalized spacial score (nSPS) is 14.6. The number of carbonyl (C=O) groups is 2. The van der Waals surface area contributed by atoms with Crippen LogP contribution in [0.25, 0.3) is 6.08 Å². The molecule has 1 N–H and O–H groups in total. The quantitative estimate of drug-likeness (QED) is 0.436. The van der Waals surface area contributed by atoms with Gasteiger partial charge in [0.1, 0.15) is 12.3 Å². The van der Waals surface area contributed by atoms with Gasteiger partial charge in [-0.05, 0) is 53.6 Å². The molecule has 0 bridgehead atoms. The zero-order valence-electron chi connectivity index (χ0n) is 16.7. The lowest BCUT2D eigenvalue weighted by molar-refractivity contribution is -0.113. The van der Waals surface area contributed by atoms with Crippen molar-refractivity contribution in [1.29, 1.82) is 0 Å². The summed E-state index contributed by atoms with van der Waals surface area (Å²) in [6.07, 6.45) is 1.61. The Hall–Kier alpha value is -3.77. The molecule has 0 aromatic heterocycles. The molecule has 0 atom stereocenters. The topological polar surface area (TPSA) is 67.9 Å². The number of methoxy groups -OCH3 is 1. The van der Waals surface area contributed by atoms with Gasteiger partial charge in [0.05, 0.1) is 12.8 Å². The number of amides is 3. The molecule has 0 saturated carbocycles. The van der Waals surface area contributed by atoms with E-state index in [9.17, 15) is 9.59 Å². The third kappa shape index (κ3) is 4.54. The molecule has 0 radical (unpaired) electrons. The summed E-state index contributed by atoms with van der Waals surface area (Å²) in [6, 6.07) is 21.0. The van der Waals surface area contributed by atoms with E-state index in [0.29, 0.717) is 34.4 Å². The second-order valence-corrected chi connectivity index (χ2v) is 7.23. The van der Waals surface area contributed by atoms with Gasteiger partial charge >= 0.3 is 6.03 Å². The largest absolute Gasteiger partial charge is 0.493 e. The summed E-state index contributed by atoms with van der Waals surface area (Å²) in [5, 5.41) is 3.28. The van der Waals surface area contributed by atoms with Crippen LogP contribution in [0.2, 0.25) is 5.02 Å². The molecule has 31 heavy (non-hydrogen) atoms. The van der Waals surface area contributed by atoms with Crippen molar-refractivity contribution in [2.45, 2.75) is 6.61 Å². The van der Waals surface area contributed by atoms with Crippen molar-refractivity contribution in [2.75, 3.05) is 12.0 Å². The Morgan fingerprint density at radius 1 is 0.968 bits per heavy atom. The Kier molecular flexibility index (Phi) is 5.91. The molecule has 0 spiro atoms. The van der Waals surface area contributed by atoms with E-state index in [-0.39, 0.29) is 5.70 Å². The summed E-state index contributed by atoms with van der Waals surface area (Å²) < 4.78 is 11.3. The lowest BCUT2D eigenvalue weighted by Crippen LogP contribution is -2.30. The number of hydrogen-bond acceptors (Lipinski definition) is 4. The van der Waals surface area contributed by atoms with Crippen molar-refractivity contribution in [1.82, 2.24) is 5.32 Å². The Labute approximate surface area is 184 Å². The number of hydrogen-bond donors (Lipinski definition) is 1. The van der Waals surface area contributed by atoms with Crippen LogP contribution >= 0.6 is 11.6 Å². The van der Waals surface area contributed by atoms with Gasteiger partial charge in [0.2, 0.25) is 0 Å². The number of urea groups is 1. The first-order valence-electron chi connectivity index (χ1n) is 9.52. The molecule has 7 heteroatoms. The molecule has 1 heterocycles. The smallest absolute Gasteiger partial charge is 0.333 e. The number of para-hydroxylation sites is 1. The van der Waals surface area contributed by atoms with E-state index >= 15 is 0 Å². The molecule has 3 aromatic rings. The minimum Gasteiger partial charge on any atom is -0.493 e. The molecule has 0 aliphatic carbocycles. The van der Waals surface area contributed by atoms with E-state index in [2.05, 4.69) is 5.32 Å². The minimum atomic E-state index is -0.489. The van der Waals surface area contributed by atoms with Crippen molar-refractivity contribution in [3.63, 3.8) is 0 Å². The van der Waals surface area contributed by atoms with Crippen molar-refractivity contribution in [2.24, 2.45) is 0 Å². The van der Waals surface area contributed by atoms with E-state index in [1.165, 1.54) is 0 Å². The van der Waals surface area contributed by atoms with Crippen LogP contribution in [0.3, 0.4) is 0 Å². The van der Waals surface area contributed by atoms with E-state index in [1.807, 2.05) is 18.2 Å². The maximum absolute atomic E-state index is 12.7. The third-order valence-corrected chi connectivity index (χ3v) is 4.95. The van der Waals surface area contributed by atoms with Crippen LogP contribution in [-0.4, -0.2) is 19.0 Å². The molecule has 1 saturated heterocycles. The molecule has 1 aliphatic rings. The highest BCUT2D eigenvalue weighted by Crippen LogP contribution is 2.30. The van der Waals surface area contributed by atoms with Gasteiger partial charge < -0.3 is 14.8 Å². The second-order valence-electron chi connectivity index (χ2n) is 6.79. The van der Waals surface area contributed by atoms with E-state index in [1.54, 1.807) is 67.8 Å². The number of anilines is 1. The molecule has 6 nitrogen and oxygen atoms in total. The average Bonchev–Trinajstić information content (AvgIpc) is 3.07. The summed E-state index contributed by atoms with van der Waals surface area (Å²) in [6.45, 7) is 0.356. The predicted octanol–water partition coefficient (Wildman–Crippen LogP) is 5.02. The number of ether oxygens (including phenoxy) is 2. The zero-order valence-corrected chi connectivity index (χ0v) is 17.4. The average molecular weight is 435 g/mol. The van der Waals surface area contributed by atoms with E-state index in [0.717, 1.165) is 10.5 Å². The van der Waals surface area contributed by atoms with Crippen LogP contribution in [0.5, 0.6) is 11.5 Å². The summed E-state index contributed by atoms with van der Waals surface area (Å²) in [4.78, 5) is 26.1. The number of imide groups is 1. The van der Waals surface area contributed by atoms with Crippen molar-refractivity contribution in [3.8, 4) is 11.5 Å². The van der Waals surface area contributed by atoms with E-state index in [4.69, 9.17) is 21.1 Å². The first kappa shape index (κ1) is 20.5. The number of nitrogens with one attached hydrogen (secondary N) is 1. The number of halogens is 1. The standard InChI is InChI=1S/C24H19ClN2O4/c1-30-22-14-17(9-12-21(22)31-15-16-7-10-18(25)11-8-16)13-20-23(28)27(24(29)26-20)19-5-3-2-4-6-19/h2-14H,15H2,1H3,(H,26,29)/b20-13+. The summed E-state index contributed by atoms with van der Waals surface area (Å²) in [7, 11) is 1.54. The number of rotatable bonds is 6. The van der Waals surface area contributed by atoms with Crippen molar-refractivity contribution in [3.05, 3.63) is 94.6 Å². The fourth-order valence-corrected chi connectivity index (χ4v) is 3.27. The minimum absolute atomic E-state index is 0.186. The maximum Gasteiger partial charge on any atom is 0.333 e. The van der Waals surface area contributed by atoms with Crippen molar-refractivity contribution >= 4 is 35.3 Å². The number of nitrogens with zero attached hydrogens (tertiary/aromatic N) is 1. The Morgan fingerprint density at radius 3 is 2.42 bits per heavy atom. The van der Waals surface area contributed by atoms with Crippen LogP contribution in [0, 0.1) is 0 Å². The summed E-state index contributed by atoms with van der Waals surface area (Å²) in [5.74, 6) is 0.658. The van der Waals surface area contributed by atoms with Crippen LogP contribution in [0.1, 0.15) is 11.1 Å². The van der Waals surface area contributed by atoms with Gasteiger partial charge in [-0.15, -0.1) is 0 Å². The fourth-order valence-electron chi connectivity index (χ4n) is 3.15. The molecule has 3 aromatic carbocycles. The Morgan fingerprint density at radius 2 is 1.71 bits per heavy atom. The highest BCUT2D eigenvalue weighted by molar-refractivity contribution is 6.30. The summed E-state index contributed by atoms with van der Waals surface area (Å²) >= 11 is 5.91. The molecule has 4 rings (SSSR count). The monoisotopic (exact) mass is 434 g/mol. The number of benzene rings is 3. The molecule has 1 fully saturated rings. The van der Waals surface area contributed by atoms with Gasteiger partial charge in [0.15, 0.2) is 11.5 Å². The first-order valence-corrected chi connectivity index (χ1v) is 9.90. The fraction of sp³-hybridized carbons (Fsp3) is 0.0833. The lowest BCUT2D eigenvalue weighted by Gasteiger charge is -2.12. The Balaban J connectivity index is 1.52. The van der Waals surface area contributed by atoms with Gasteiger partial charge in [-0.3, -0.25) is 4.79 Å². The van der Waals surface area contributed by atoms with Gasteiger partial charge in [-0.25, -0.2) is 9.69 Å². The molecule has 1 aliphatic heterocycles. The third-order valence-electron chi connectivity index (χ3n) is 4.70. The van der Waals surface area contributed by atoms with Crippen LogP contribution in [-0.2, 0) is 11.4 Å². The Bertz CT molecular complexity index is 1140. The lowest BCUT2D eigenvalue weighted by atomic mass is 10.1. The number of carbonyl (C=O) groups excluding carboxylic acids is 2. The van der Waals surface area contributed by atoms with E-state index < -0.39 is 11.9 Å².